The Morgan fingerprint density at radius 3 is 2.88 bits per heavy atom. The predicted molar refractivity (Wildman–Crippen MR) is 67.8 cm³/mol. The summed E-state index contributed by atoms with van der Waals surface area (Å²) in [4.78, 5) is 0. The van der Waals surface area contributed by atoms with E-state index in [0.29, 0.717) is 17.2 Å². The average Bonchev–Trinajstić information content (AvgIpc) is 2.15. The zero-order valence-electron chi connectivity index (χ0n) is 10.2. The van der Waals surface area contributed by atoms with Crippen LogP contribution in [0.5, 0.6) is 5.75 Å². The van der Waals surface area contributed by atoms with Gasteiger partial charge in [0.25, 0.3) is 0 Å². The van der Waals surface area contributed by atoms with E-state index in [-0.39, 0.29) is 0 Å². The average molecular weight is 219 g/mol. The molecule has 2 heteroatoms. The minimum atomic E-state index is 0.333. The number of anilines is 1. The summed E-state index contributed by atoms with van der Waals surface area (Å²) in [6.45, 7) is 4.67. The molecule has 1 aromatic carbocycles. The van der Waals surface area contributed by atoms with Crippen molar-refractivity contribution in [1.29, 1.82) is 0 Å². The molecule has 0 aliphatic heterocycles. The Balaban J connectivity index is 1.99. The third-order valence-electron chi connectivity index (χ3n) is 3.42. The Morgan fingerprint density at radius 2 is 2.19 bits per heavy atom. The summed E-state index contributed by atoms with van der Waals surface area (Å²) in [6.07, 6.45) is 5.07. The lowest BCUT2D eigenvalue weighted by molar-refractivity contribution is 0.229. The van der Waals surface area contributed by atoms with Gasteiger partial charge in [0.2, 0.25) is 0 Å². The molecule has 2 N–H and O–H groups in total. The van der Waals surface area contributed by atoms with Gasteiger partial charge >= 0.3 is 0 Å². The molecular weight excluding hydrogens is 198 g/mol. The second kappa shape index (κ2) is 4.36. The highest BCUT2D eigenvalue weighted by Crippen LogP contribution is 2.36. The second-order valence-corrected chi connectivity index (χ2v) is 5.65. The molecule has 1 aromatic rings. The summed E-state index contributed by atoms with van der Waals surface area (Å²) in [7, 11) is 0. The number of phenolic OH excluding ortho intramolecular Hbond substituents is 1. The van der Waals surface area contributed by atoms with Crippen molar-refractivity contribution < 1.29 is 5.11 Å². The van der Waals surface area contributed by atoms with Crippen molar-refractivity contribution in [2.75, 3.05) is 5.32 Å². The van der Waals surface area contributed by atoms with Gasteiger partial charge in [-0.3, -0.25) is 0 Å². The number of hydrogen-bond donors (Lipinski definition) is 2. The van der Waals surface area contributed by atoms with E-state index in [1.807, 2.05) is 12.1 Å². The standard InChI is InChI=1S/C14H21NO/c1-14(2)8-4-6-12(10-14)15-11-5-3-7-13(16)9-11/h3,5,7,9,12,15-16H,4,6,8,10H2,1-2H3. The van der Waals surface area contributed by atoms with Crippen LogP contribution in [0.2, 0.25) is 0 Å². The van der Waals surface area contributed by atoms with Gasteiger partial charge < -0.3 is 10.4 Å². The zero-order valence-corrected chi connectivity index (χ0v) is 10.2. The molecule has 0 aromatic heterocycles. The van der Waals surface area contributed by atoms with Crippen molar-refractivity contribution in [1.82, 2.24) is 0 Å². The number of benzene rings is 1. The number of phenols is 1. The van der Waals surface area contributed by atoms with Crippen LogP contribution >= 0.6 is 0 Å². The molecule has 16 heavy (non-hydrogen) atoms. The van der Waals surface area contributed by atoms with Gasteiger partial charge in [-0.25, -0.2) is 0 Å². The van der Waals surface area contributed by atoms with E-state index in [1.165, 1.54) is 25.7 Å². The molecule has 1 unspecified atom stereocenters. The van der Waals surface area contributed by atoms with E-state index < -0.39 is 0 Å². The lowest BCUT2D eigenvalue weighted by atomic mass is 9.75. The molecular formula is C14H21NO. The molecule has 1 aliphatic carbocycles. The lowest BCUT2D eigenvalue weighted by Gasteiger charge is -2.36. The summed E-state index contributed by atoms with van der Waals surface area (Å²) >= 11 is 0. The Labute approximate surface area is 97.7 Å². The molecule has 88 valence electrons. The summed E-state index contributed by atoms with van der Waals surface area (Å²) < 4.78 is 0. The smallest absolute Gasteiger partial charge is 0.117 e. The van der Waals surface area contributed by atoms with Gasteiger partial charge in [0.15, 0.2) is 0 Å². The van der Waals surface area contributed by atoms with Crippen LogP contribution in [0, 0.1) is 5.41 Å². The van der Waals surface area contributed by atoms with E-state index >= 15 is 0 Å². The fraction of sp³-hybridized carbons (Fsp3) is 0.571. The van der Waals surface area contributed by atoms with Crippen LogP contribution in [0.3, 0.4) is 0 Å². The van der Waals surface area contributed by atoms with Gasteiger partial charge in [0.1, 0.15) is 5.75 Å². The molecule has 1 atom stereocenters. The SMILES string of the molecule is CC1(C)CCCC(Nc2cccc(O)c2)C1. The lowest BCUT2D eigenvalue weighted by Crippen LogP contribution is -2.31. The Morgan fingerprint density at radius 1 is 1.38 bits per heavy atom. The van der Waals surface area contributed by atoms with E-state index in [4.69, 9.17) is 0 Å². The van der Waals surface area contributed by atoms with Gasteiger partial charge in [0.05, 0.1) is 0 Å². The molecule has 0 spiro atoms. The maximum atomic E-state index is 9.41. The third-order valence-corrected chi connectivity index (χ3v) is 3.42. The van der Waals surface area contributed by atoms with Gasteiger partial charge in [-0.15, -0.1) is 0 Å². The van der Waals surface area contributed by atoms with Gasteiger partial charge in [0, 0.05) is 17.8 Å². The first kappa shape index (κ1) is 11.3. The van der Waals surface area contributed by atoms with E-state index in [9.17, 15) is 5.11 Å². The van der Waals surface area contributed by atoms with Crippen molar-refractivity contribution in [3.05, 3.63) is 24.3 Å². The molecule has 0 saturated heterocycles. The number of rotatable bonds is 2. The van der Waals surface area contributed by atoms with Crippen LogP contribution in [0.15, 0.2) is 24.3 Å². The van der Waals surface area contributed by atoms with Gasteiger partial charge in [-0.1, -0.05) is 26.3 Å². The number of nitrogens with one attached hydrogen (secondary N) is 1. The molecule has 0 bridgehead atoms. The van der Waals surface area contributed by atoms with Crippen LogP contribution in [-0.2, 0) is 0 Å². The van der Waals surface area contributed by atoms with Gasteiger partial charge in [-0.2, -0.15) is 0 Å². The third kappa shape index (κ3) is 2.91. The van der Waals surface area contributed by atoms with Crippen molar-refractivity contribution in [2.24, 2.45) is 5.41 Å². The van der Waals surface area contributed by atoms with Crippen LogP contribution in [-0.4, -0.2) is 11.1 Å². The van der Waals surface area contributed by atoms with Gasteiger partial charge in [-0.05, 0) is 36.8 Å². The Bertz CT molecular complexity index is 360. The largest absolute Gasteiger partial charge is 0.508 e. The van der Waals surface area contributed by atoms with Crippen molar-refractivity contribution in [2.45, 2.75) is 45.6 Å². The summed E-state index contributed by atoms with van der Waals surface area (Å²) in [5.41, 5.74) is 1.48. The molecule has 2 nitrogen and oxygen atoms in total. The second-order valence-electron chi connectivity index (χ2n) is 5.65. The number of hydrogen-bond acceptors (Lipinski definition) is 2. The van der Waals surface area contributed by atoms with Crippen molar-refractivity contribution in [3.63, 3.8) is 0 Å². The van der Waals surface area contributed by atoms with Crippen molar-refractivity contribution >= 4 is 5.69 Å². The van der Waals surface area contributed by atoms with Crippen LogP contribution in [0.25, 0.3) is 0 Å². The normalized spacial score (nSPS) is 24.0. The minimum absolute atomic E-state index is 0.333. The van der Waals surface area contributed by atoms with Crippen LogP contribution < -0.4 is 5.32 Å². The first-order chi connectivity index (χ1) is 7.55. The zero-order chi connectivity index (χ0) is 11.6. The first-order valence-electron chi connectivity index (χ1n) is 6.11. The van der Waals surface area contributed by atoms with E-state index in [1.54, 1.807) is 12.1 Å². The van der Waals surface area contributed by atoms with Crippen molar-refractivity contribution in [3.8, 4) is 5.75 Å². The summed E-state index contributed by atoms with van der Waals surface area (Å²) in [5, 5.41) is 12.9. The molecule has 0 heterocycles. The molecule has 1 saturated carbocycles. The van der Waals surface area contributed by atoms with Crippen LogP contribution in [0.4, 0.5) is 5.69 Å². The molecule has 1 aliphatic rings. The summed E-state index contributed by atoms with van der Waals surface area (Å²) in [5.74, 6) is 0.333. The quantitative estimate of drug-likeness (QED) is 0.793. The Kier molecular flexibility index (Phi) is 3.08. The van der Waals surface area contributed by atoms with E-state index in [0.717, 1.165) is 5.69 Å². The Hall–Kier alpha value is -1.18. The molecule has 2 rings (SSSR count). The highest BCUT2D eigenvalue weighted by molar-refractivity contribution is 5.48. The number of aromatic hydroxyl groups is 1. The van der Waals surface area contributed by atoms with E-state index in [2.05, 4.69) is 19.2 Å². The predicted octanol–water partition coefficient (Wildman–Crippen LogP) is 3.77. The first-order valence-corrected chi connectivity index (χ1v) is 6.11. The highest BCUT2D eigenvalue weighted by atomic mass is 16.3. The maximum absolute atomic E-state index is 9.41. The molecule has 0 radical (unpaired) electrons. The highest BCUT2D eigenvalue weighted by Gasteiger charge is 2.27. The molecule has 1 fully saturated rings. The fourth-order valence-electron chi connectivity index (χ4n) is 2.65. The molecule has 0 amide bonds. The maximum Gasteiger partial charge on any atom is 0.117 e. The fourth-order valence-corrected chi connectivity index (χ4v) is 2.65. The minimum Gasteiger partial charge on any atom is -0.508 e. The van der Waals surface area contributed by atoms with Crippen LogP contribution in [0.1, 0.15) is 39.5 Å². The monoisotopic (exact) mass is 219 g/mol. The topological polar surface area (TPSA) is 32.3 Å². The summed E-state index contributed by atoms with van der Waals surface area (Å²) in [6, 6.07) is 7.94.